The Kier molecular flexibility index (Phi) is 4.43. The zero-order valence-electron chi connectivity index (χ0n) is 10.4. The predicted molar refractivity (Wildman–Crippen MR) is 63.5 cm³/mol. The van der Waals surface area contributed by atoms with Gasteiger partial charge in [-0.15, -0.1) is 0 Å². The molecule has 1 heteroatoms. The average Bonchev–Trinajstić information content (AvgIpc) is 2.86. The topological polar surface area (TPSA) is 12.0 Å². The summed E-state index contributed by atoms with van der Waals surface area (Å²) in [6.07, 6.45) is 6.96. The van der Waals surface area contributed by atoms with Crippen LogP contribution in [0.15, 0.2) is 0 Å². The van der Waals surface area contributed by atoms with Crippen LogP contribution < -0.4 is 5.32 Å². The molecule has 0 aromatic rings. The lowest BCUT2D eigenvalue weighted by Gasteiger charge is -2.24. The summed E-state index contributed by atoms with van der Waals surface area (Å²) in [5.74, 6) is 0.775. The maximum Gasteiger partial charge on any atom is 0.00876 e. The second kappa shape index (κ2) is 5.16. The van der Waals surface area contributed by atoms with Crippen LogP contribution in [-0.2, 0) is 0 Å². The van der Waals surface area contributed by atoms with E-state index < -0.39 is 0 Å². The van der Waals surface area contributed by atoms with Crippen molar-refractivity contribution in [3.8, 4) is 0 Å². The molecule has 1 rings (SSSR count). The first kappa shape index (κ1) is 12.0. The molecular weight excluding hydrogens is 170 g/mol. The van der Waals surface area contributed by atoms with Crippen molar-refractivity contribution in [1.29, 1.82) is 0 Å². The van der Waals surface area contributed by atoms with E-state index in [9.17, 15) is 0 Å². The minimum Gasteiger partial charge on any atom is -0.313 e. The standard InChI is InChI=1S/C13H27N/c1-5-7-13(8-9-13)10-14-12(6-2)11(3)4/h11-12,14H,5-10H2,1-4H3. The SMILES string of the molecule is CCCC1(CNC(CC)C(C)C)CC1. The van der Waals surface area contributed by atoms with E-state index >= 15 is 0 Å². The third-order valence-electron chi connectivity index (χ3n) is 3.72. The predicted octanol–water partition coefficient (Wildman–Crippen LogP) is 3.59. The van der Waals surface area contributed by atoms with Gasteiger partial charge in [0.1, 0.15) is 0 Å². The van der Waals surface area contributed by atoms with Crippen LogP contribution in [0.3, 0.4) is 0 Å². The van der Waals surface area contributed by atoms with E-state index in [2.05, 4.69) is 33.0 Å². The van der Waals surface area contributed by atoms with Crippen molar-refractivity contribution in [2.24, 2.45) is 11.3 Å². The molecule has 1 aliphatic rings. The fraction of sp³-hybridized carbons (Fsp3) is 1.00. The maximum atomic E-state index is 3.76. The summed E-state index contributed by atoms with van der Waals surface area (Å²) >= 11 is 0. The first-order valence-corrected chi connectivity index (χ1v) is 6.37. The van der Waals surface area contributed by atoms with Gasteiger partial charge in [0.15, 0.2) is 0 Å². The van der Waals surface area contributed by atoms with Crippen molar-refractivity contribution in [3.63, 3.8) is 0 Å². The number of rotatable bonds is 7. The van der Waals surface area contributed by atoms with Gasteiger partial charge in [0.05, 0.1) is 0 Å². The summed E-state index contributed by atoms with van der Waals surface area (Å²) in [6, 6.07) is 0.726. The monoisotopic (exact) mass is 197 g/mol. The molecule has 0 radical (unpaired) electrons. The third-order valence-corrected chi connectivity index (χ3v) is 3.72. The molecule has 0 bridgehead atoms. The van der Waals surface area contributed by atoms with E-state index in [0.29, 0.717) is 5.41 Å². The van der Waals surface area contributed by atoms with Crippen molar-refractivity contribution in [3.05, 3.63) is 0 Å². The number of nitrogens with one attached hydrogen (secondary N) is 1. The minimum absolute atomic E-state index is 0.705. The fourth-order valence-electron chi connectivity index (χ4n) is 2.42. The lowest BCUT2D eigenvalue weighted by Crippen LogP contribution is -2.37. The molecule has 1 atom stereocenters. The molecular formula is C13H27N. The van der Waals surface area contributed by atoms with Crippen molar-refractivity contribution in [2.75, 3.05) is 6.54 Å². The Morgan fingerprint density at radius 3 is 2.21 bits per heavy atom. The highest BCUT2D eigenvalue weighted by Crippen LogP contribution is 2.49. The average molecular weight is 197 g/mol. The Morgan fingerprint density at radius 1 is 1.21 bits per heavy atom. The molecule has 0 spiro atoms. The maximum absolute atomic E-state index is 3.76. The van der Waals surface area contributed by atoms with E-state index in [1.165, 1.54) is 38.6 Å². The Hall–Kier alpha value is -0.0400. The van der Waals surface area contributed by atoms with Crippen LogP contribution in [0.2, 0.25) is 0 Å². The van der Waals surface area contributed by atoms with Crippen LogP contribution in [0.1, 0.15) is 59.8 Å². The largest absolute Gasteiger partial charge is 0.313 e. The van der Waals surface area contributed by atoms with Gasteiger partial charge in [0.25, 0.3) is 0 Å². The molecule has 1 unspecified atom stereocenters. The van der Waals surface area contributed by atoms with Gasteiger partial charge >= 0.3 is 0 Å². The molecule has 1 aliphatic carbocycles. The van der Waals surface area contributed by atoms with Crippen LogP contribution in [0.25, 0.3) is 0 Å². The first-order chi connectivity index (χ1) is 6.63. The highest BCUT2D eigenvalue weighted by Gasteiger charge is 2.41. The summed E-state index contributed by atoms with van der Waals surface area (Å²) < 4.78 is 0. The van der Waals surface area contributed by atoms with E-state index in [0.717, 1.165) is 12.0 Å². The molecule has 84 valence electrons. The molecule has 0 amide bonds. The Balaban J connectivity index is 2.24. The van der Waals surface area contributed by atoms with Crippen LogP contribution >= 0.6 is 0 Å². The summed E-state index contributed by atoms with van der Waals surface area (Å²) in [6.45, 7) is 10.5. The van der Waals surface area contributed by atoms with Crippen LogP contribution in [0.4, 0.5) is 0 Å². The van der Waals surface area contributed by atoms with Crippen LogP contribution in [0.5, 0.6) is 0 Å². The molecule has 1 saturated carbocycles. The normalized spacial score (nSPS) is 21.2. The van der Waals surface area contributed by atoms with Gasteiger partial charge in [-0.2, -0.15) is 0 Å². The molecule has 0 aliphatic heterocycles. The quantitative estimate of drug-likeness (QED) is 0.657. The lowest BCUT2D eigenvalue weighted by atomic mass is 9.97. The Morgan fingerprint density at radius 2 is 1.86 bits per heavy atom. The smallest absolute Gasteiger partial charge is 0.00876 e. The van der Waals surface area contributed by atoms with Gasteiger partial charge in [-0.25, -0.2) is 0 Å². The van der Waals surface area contributed by atoms with Crippen LogP contribution in [0, 0.1) is 11.3 Å². The highest BCUT2D eigenvalue weighted by atomic mass is 14.9. The molecule has 0 saturated heterocycles. The second-order valence-corrected chi connectivity index (χ2v) is 5.39. The van der Waals surface area contributed by atoms with Gasteiger partial charge < -0.3 is 5.32 Å². The van der Waals surface area contributed by atoms with Crippen LogP contribution in [-0.4, -0.2) is 12.6 Å². The van der Waals surface area contributed by atoms with E-state index in [4.69, 9.17) is 0 Å². The molecule has 1 nitrogen and oxygen atoms in total. The number of hydrogen-bond acceptors (Lipinski definition) is 1. The van der Waals surface area contributed by atoms with Gasteiger partial charge in [0.2, 0.25) is 0 Å². The van der Waals surface area contributed by atoms with E-state index in [-0.39, 0.29) is 0 Å². The first-order valence-electron chi connectivity index (χ1n) is 6.37. The summed E-state index contributed by atoms with van der Waals surface area (Å²) in [5.41, 5.74) is 0.705. The summed E-state index contributed by atoms with van der Waals surface area (Å²) in [4.78, 5) is 0. The zero-order valence-corrected chi connectivity index (χ0v) is 10.4. The summed E-state index contributed by atoms with van der Waals surface area (Å²) in [7, 11) is 0. The van der Waals surface area contributed by atoms with Gasteiger partial charge in [-0.3, -0.25) is 0 Å². The molecule has 0 aromatic carbocycles. The molecule has 14 heavy (non-hydrogen) atoms. The van der Waals surface area contributed by atoms with Crippen molar-refractivity contribution >= 4 is 0 Å². The van der Waals surface area contributed by atoms with Gasteiger partial charge in [-0.1, -0.05) is 34.1 Å². The van der Waals surface area contributed by atoms with Crippen molar-refractivity contribution < 1.29 is 0 Å². The molecule has 0 heterocycles. The second-order valence-electron chi connectivity index (χ2n) is 5.39. The molecule has 1 N–H and O–H groups in total. The fourth-order valence-corrected chi connectivity index (χ4v) is 2.42. The zero-order chi connectivity index (χ0) is 10.6. The van der Waals surface area contributed by atoms with E-state index in [1.807, 2.05) is 0 Å². The van der Waals surface area contributed by atoms with Gasteiger partial charge in [0, 0.05) is 12.6 Å². The van der Waals surface area contributed by atoms with Crippen molar-refractivity contribution in [2.45, 2.75) is 65.8 Å². The lowest BCUT2D eigenvalue weighted by molar-refractivity contribution is 0.332. The highest BCUT2D eigenvalue weighted by molar-refractivity contribution is 4.95. The van der Waals surface area contributed by atoms with Gasteiger partial charge in [-0.05, 0) is 37.0 Å². The molecule has 1 fully saturated rings. The summed E-state index contributed by atoms with van der Waals surface area (Å²) in [5, 5.41) is 3.76. The Labute approximate surface area is 89.7 Å². The Bertz CT molecular complexity index is 159. The molecule has 0 aromatic heterocycles. The third kappa shape index (κ3) is 3.27. The van der Waals surface area contributed by atoms with Crippen molar-refractivity contribution in [1.82, 2.24) is 5.32 Å². The van der Waals surface area contributed by atoms with E-state index in [1.54, 1.807) is 0 Å². The number of hydrogen-bond donors (Lipinski definition) is 1. The minimum atomic E-state index is 0.705.